The van der Waals surface area contributed by atoms with E-state index in [9.17, 15) is 23.1 Å². The van der Waals surface area contributed by atoms with Crippen LogP contribution in [0.25, 0.3) is 10.9 Å². The molecule has 1 atom stereocenters. The van der Waals surface area contributed by atoms with Crippen molar-refractivity contribution < 1.29 is 27.8 Å². The standard InChI is InChI=1S/C15H16F3NO3/c1-8(2)19-11-6-4-5-10(15(16,17)18)9(11)7-12(19)13(20)14(21)22-3/h4-8,13,20H,1-3H3. The monoisotopic (exact) mass is 315 g/mol. The summed E-state index contributed by atoms with van der Waals surface area (Å²) in [6.45, 7) is 3.51. The number of benzene rings is 1. The molecule has 0 aliphatic heterocycles. The zero-order valence-electron chi connectivity index (χ0n) is 12.3. The van der Waals surface area contributed by atoms with Crippen molar-refractivity contribution in [2.45, 2.75) is 32.2 Å². The Kier molecular flexibility index (Phi) is 4.19. The van der Waals surface area contributed by atoms with E-state index in [2.05, 4.69) is 4.74 Å². The lowest BCUT2D eigenvalue weighted by atomic mass is 10.1. The van der Waals surface area contributed by atoms with E-state index in [1.165, 1.54) is 22.8 Å². The molecule has 0 amide bonds. The largest absolute Gasteiger partial charge is 0.467 e. The second kappa shape index (κ2) is 5.64. The summed E-state index contributed by atoms with van der Waals surface area (Å²) in [6.07, 6.45) is -6.16. The van der Waals surface area contributed by atoms with Crippen molar-refractivity contribution in [3.63, 3.8) is 0 Å². The normalized spacial score (nSPS) is 13.6. The molecule has 0 aliphatic carbocycles. The van der Waals surface area contributed by atoms with Crippen LogP contribution in [0.3, 0.4) is 0 Å². The fourth-order valence-corrected chi connectivity index (χ4v) is 2.54. The third-order valence-electron chi connectivity index (χ3n) is 3.44. The van der Waals surface area contributed by atoms with E-state index >= 15 is 0 Å². The van der Waals surface area contributed by atoms with E-state index < -0.39 is 23.8 Å². The summed E-state index contributed by atoms with van der Waals surface area (Å²) in [5.74, 6) is -0.918. The van der Waals surface area contributed by atoms with E-state index in [0.29, 0.717) is 5.52 Å². The molecule has 120 valence electrons. The van der Waals surface area contributed by atoms with Crippen molar-refractivity contribution in [3.05, 3.63) is 35.5 Å². The predicted octanol–water partition coefficient (Wildman–Crippen LogP) is 3.45. The highest BCUT2D eigenvalue weighted by molar-refractivity contribution is 5.87. The first kappa shape index (κ1) is 16.4. The van der Waals surface area contributed by atoms with Gasteiger partial charge in [0.15, 0.2) is 6.10 Å². The number of hydrogen-bond donors (Lipinski definition) is 1. The van der Waals surface area contributed by atoms with Crippen LogP contribution in [0, 0.1) is 0 Å². The molecular weight excluding hydrogens is 299 g/mol. The van der Waals surface area contributed by atoms with Gasteiger partial charge in [-0.05, 0) is 32.0 Å². The second-order valence-corrected chi connectivity index (χ2v) is 5.19. The van der Waals surface area contributed by atoms with E-state index in [0.717, 1.165) is 13.2 Å². The molecule has 0 fully saturated rings. The third kappa shape index (κ3) is 2.68. The Morgan fingerprint density at radius 1 is 1.32 bits per heavy atom. The fraction of sp³-hybridized carbons (Fsp3) is 0.400. The Labute approximate surface area is 125 Å². The minimum Gasteiger partial charge on any atom is -0.467 e. The molecule has 1 aromatic carbocycles. The Balaban J connectivity index is 2.78. The van der Waals surface area contributed by atoms with Gasteiger partial charge < -0.3 is 14.4 Å². The molecule has 1 heterocycles. The number of aliphatic hydroxyl groups excluding tert-OH is 1. The highest BCUT2D eigenvalue weighted by atomic mass is 19.4. The van der Waals surface area contributed by atoms with Gasteiger partial charge in [-0.15, -0.1) is 0 Å². The van der Waals surface area contributed by atoms with Gasteiger partial charge in [-0.1, -0.05) is 6.07 Å². The second-order valence-electron chi connectivity index (χ2n) is 5.19. The molecule has 2 rings (SSSR count). The summed E-state index contributed by atoms with van der Waals surface area (Å²) < 4.78 is 45.3. The van der Waals surface area contributed by atoms with Gasteiger partial charge in [-0.25, -0.2) is 4.79 Å². The maximum Gasteiger partial charge on any atom is 0.417 e. The first-order valence-electron chi connectivity index (χ1n) is 6.65. The van der Waals surface area contributed by atoms with Gasteiger partial charge in [0, 0.05) is 16.9 Å². The topological polar surface area (TPSA) is 51.5 Å². The molecule has 1 N–H and O–H groups in total. The van der Waals surface area contributed by atoms with Crippen LogP contribution in [0.2, 0.25) is 0 Å². The van der Waals surface area contributed by atoms with Gasteiger partial charge in [0.1, 0.15) is 0 Å². The van der Waals surface area contributed by atoms with Crippen molar-refractivity contribution >= 4 is 16.9 Å². The first-order chi connectivity index (χ1) is 10.2. The molecule has 0 spiro atoms. The number of aromatic nitrogens is 1. The number of halogens is 3. The number of rotatable bonds is 3. The number of methoxy groups -OCH3 is 1. The molecule has 0 saturated carbocycles. The van der Waals surface area contributed by atoms with Crippen LogP contribution in [0.1, 0.15) is 37.3 Å². The number of carbonyl (C=O) groups excluding carboxylic acids is 1. The van der Waals surface area contributed by atoms with E-state index in [-0.39, 0.29) is 17.1 Å². The first-order valence-corrected chi connectivity index (χ1v) is 6.65. The lowest BCUT2D eigenvalue weighted by molar-refractivity contribution is -0.151. The van der Waals surface area contributed by atoms with Gasteiger partial charge in [-0.3, -0.25) is 0 Å². The molecule has 1 unspecified atom stereocenters. The van der Waals surface area contributed by atoms with Gasteiger partial charge >= 0.3 is 12.1 Å². The van der Waals surface area contributed by atoms with E-state index in [4.69, 9.17) is 0 Å². The van der Waals surface area contributed by atoms with Crippen molar-refractivity contribution in [3.8, 4) is 0 Å². The summed E-state index contributed by atoms with van der Waals surface area (Å²) in [5.41, 5.74) is -0.418. The Morgan fingerprint density at radius 2 is 1.95 bits per heavy atom. The molecule has 7 heteroatoms. The molecule has 4 nitrogen and oxygen atoms in total. The number of aliphatic hydroxyl groups is 1. The van der Waals surface area contributed by atoms with Crippen molar-refractivity contribution in [2.24, 2.45) is 0 Å². The highest BCUT2D eigenvalue weighted by Crippen LogP contribution is 2.38. The van der Waals surface area contributed by atoms with Gasteiger partial charge in [0.05, 0.1) is 18.4 Å². The number of hydrogen-bond acceptors (Lipinski definition) is 3. The molecule has 0 bridgehead atoms. The molecule has 0 radical (unpaired) electrons. The maximum atomic E-state index is 13.1. The van der Waals surface area contributed by atoms with Crippen molar-refractivity contribution in [1.29, 1.82) is 0 Å². The number of nitrogens with zero attached hydrogens (tertiary/aromatic N) is 1. The molecule has 0 aliphatic rings. The van der Waals surface area contributed by atoms with Gasteiger partial charge in [0.2, 0.25) is 0 Å². The van der Waals surface area contributed by atoms with Crippen LogP contribution in [-0.2, 0) is 15.7 Å². The van der Waals surface area contributed by atoms with Crippen molar-refractivity contribution in [1.82, 2.24) is 4.57 Å². The van der Waals surface area contributed by atoms with E-state index in [1.54, 1.807) is 13.8 Å². The summed E-state index contributed by atoms with van der Waals surface area (Å²) >= 11 is 0. The quantitative estimate of drug-likeness (QED) is 0.883. The van der Waals surface area contributed by atoms with E-state index in [1.807, 2.05) is 0 Å². The summed E-state index contributed by atoms with van der Waals surface area (Å²) in [7, 11) is 1.11. The molecule has 22 heavy (non-hydrogen) atoms. The summed E-state index contributed by atoms with van der Waals surface area (Å²) in [4.78, 5) is 11.5. The Hall–Kier alpha value is -2.02. The lowest BCUT2D eigenvalue weighted by Crippen LogP contribution is -2.18. The molecule has 2 aromatic rings. The third-order valence-corrected chi connectivity index (χ3v) is 3.44. The average molecular weight is 315 g/mol. The molecule has 1 aromatic heterocycles. The SMILES string of the molecule is COC(=O)C(O)c1cc2c(C(F)(F)F)cccc2n1C(C)C. The zero-order chi connectivity index (χ0) is 16.7. The average Bonchev–Trinajstić information content (AvgIpc) is 2.83. The van der Waals surface area contributed by atoms with Crippen LogP contribution in [0.15, 0.2) is 24.3 Å². The summed E-state index contributed by atoms with van der Waals surface area (Å²) in [6, 6.07) is 4.76. The number of ether oxygens (including phenoxy) is 1. The number of carbonyl (C=O) groups is 1. The smallest absolute Gasteiger partial charge is 0.417 e. The van der Waals surface area contributed by atoms with Crippen LogP contribution in [-0.4, -0.2) is 22.8 Å². The fourth-order valence-electron chi connectivity index (χ4n) is 2.54. The predicted molar refractivity (Wildman–Crippen MR) is 74.3 cm³/mol. The van der Waals surface area contributed by atoms with Crippen LogP contribution in [0.4, 0.5) is 13.2 Å². The Bertz CT molecular complexity index is 704. The zero-order valence-corrected chi connectivity index (χ0v) is 12.3. The van der Waals surface area contributed by atoms with Crippen LogP contribution < -0.4 is 0 Å². The minimum atomic E-state index is -4.52. The van der Waals surface area contributed by atoms with Crippen molar-refractivity contribution in [2.75, 3.05) is 7.11 Å². The minimum absolute atomic E-state index is 0.0540. The molecular formula is C15H16F3NO3. The molecule has 0 saturated heterocycles. The van der Waals surface area contributed by atoms with Crippen LogP contribution in [0.5, 0.6) is 0 Å². The maximum absolute atomic E-state index is 13.1. The lowest BCUT2D eigenvalue weighted by Gasteiger charge is -2.17. The number of fused-ring (bicyclic) bond motifs is 1. The van der Waals surface area contributed by atoms with Gasteiger partial charge in [-0.2, -0.15) is 13.2 Å². The van der Waals surface area contributed by atoms with Crippen LogP contribution >= 0.6 is 0 Å². The number of esters is 1. The highest BCUT2D eigenvalue weighted by Gasteiger charge is 2.34. The Morgan fingerprint density at radius 3 is 2.45 bits per heavy atom. The summed E-state index contributed by atoms with van der Waals surface area (Å²) in [5, 5.41) is 9.98. The van der Waals surface area contributed by atoms with Gasteiger partial charge in [0.25, 0.3) is 0 Å². The number of alkyl halides is 3.